The first-order chi connectivity index (χ1) is 31.3. The van der Waals surface area contributed by atoms with Crippen LogP contribution in [0.3, 0.4) is 0 Å². The molecule has 3 aliphatic heterocycles. The zero-order valence-electron chi connectivity index (χ0n) is 36.3. The highest BCUT2D eigenvalue weighted by Gasteiger charge is 2.38. The molecule has 0 saturated carbocycles. The van der Waals surface area contributed by atoms with Gasteiger partial charge in [0, 0.05) is 89.2 Å². The summed E-state index contributed by atoms with van der Waals surface area (Å²) < 4.78 is 58.8. The standard InChI is InChI=1S/C44H48Cl2F2N10O7S/c1-5-54(4)66(64,65)53-33-8-7-32(47)39(40(33)48)41(61)29-25-51-42-28(29)20-27(24-50-42)26(2)6-9-36(49-3)56-16-18-57(19-17-56)38(60)23-44(63)11-14-55(15-12-44)34-21-31(46)35(22-30(34)45)58-13-10-37(59)52-43(58)62/h6-9,20-22,24-25,53,63H,3,5,10-19,23H2,1-2,4H3,(H,50,51)(H,52,59,62)/b26-6+,36-9+. The molecule has 7 rings (SSSR count). The third kappa shape index (κ3) is 10.1. The lowest BCUT2D eigenvalue weighted by Crippen LogP contribution is -2.52. The number of aliphatic hydroxyl groups is 1. The number of rotatable bonds is 14. The van der Waals surface area contributed by atoms with E-state index < -0.39 is 50.5 Å². The fourth-order valence-electron chi connectivity index (χ4n) is 8.01. The van der Waals surface area contributed by atoms with E-state index in [-0.39, 0.29) is 59.4 Å². The summed E-state index contributed by atoms with van der Waals surface area (Å²) in [6, 6.07) is 6.06. The number of carbonyl (C=O) groups is 4. The Balaban J connectivity index is 0.957. The largest absolute Gasteiger partial charge is 0.389 e. The molecule has 0 unspecified atom stereocenters. The van der Waals surface area contributed by atoms with Gasteiger partial charge in [0.1, 0.15) is 17.3 Å². The minimum absolute atomic E-state index is 0.0527. The summed E-state index contributed by atoms with van der Waals surface area (Å²) in [6.45, 7) is 9.88. The maximum absolute atomic E-state index is 15.6. The number of fused-ring (bicyclic) bond motifs is 1. The van der Waals surface area contributed by atoms with Gasteiger partial charge in [0.25, 0.3) is 0 Å². The molecule has 66 heavy (non-hydrogen) atoms. The number of pyridine rings is 1. The monoisotopic (exact) mass is 968 g/mol. The van der Waals surface area contributed by atoms with Gasteiger partial charge in [-0.05, 0) is 74.0 Å². The number of anilines is 3. The number of hydrogen-bond donors (Lipinski definition) is 4. The highest BCUT2D eigenvalue weighted by Crippen LogP contribution is 2.40. The van der Waals surface area contributed by atoms with E-state index in [1.807, 2.05) is 16.7 Å². The number of nitrogens with one attached hydrogen (secondary N) is 3. The number of ketones is 1. The molecule has 3 saturated heterocycles. The zero-order valence-corrected chi connectivity index (χ0v) is 38.7. The lowest BCUT2D eigenvalue weighted by atomic mass is 9.87. The molecule has 0 spiro atoms. The Morgan fingerprint density at radius 2 is 1.68 bits per heavy atom. The van der Waals surface area contributed by atoms with E-state index in [0.717, 1.165) is 16.4 Å². The van der Waals surface area contributed by atoms with E-state index in [1.54, 1.807) is 48.4 Å². The first-order valence-electron chi connectivity index (χ1n) is 21.0. The topological polar surface area (TPSA) is 204 Å². The Hall–Kier alpha value is -5.93. The van der Waals surface area contributed by atoms with Crippen LogP contribution in [0.2, 0.25) is 10.0 Å². The van der Waals surface area contributed by atoms with E-state index in [9.17, 15) is 32.7 Å². The lowest BCUT2D eigenvalue weighted by Gasteiger charge is -2.41. The van der Waals surface area contributed by atoms with Crippen molar-refractivity contribution in [3.05, 3.63) is 99.1 Å². The number of aliphatic imine (C=N–C) groups is 1. The zero-order chi connectivity index (χ0) is 47.7. The van der Waals surface area contributed by atoms with Gasteiger partial charge >= 0.3 is 16.2 Å². The number of urea groups is 1. The van der Waals surface area contributed by atoms with E-state index in [2.05, 4.69) is 31.7 Å². The molecular weight excluding hydrogens is 922 g/mol. The number of piperazine rings is 1. The number of carbonyl (C=O) groups excluding carboxylic acids is 4. The Labute approximate surface area is 389 Å². The molecular formula is C44H48Cl2F2N10O7S. The smallest absolute Gasteiger partial charge is 0.328 e. The van der Waals surface area contributed by atoms with E-state index in [1.165, 1.54) is 18.1 Å². The quantitative estimate of drug-likeness (QED) is 0.0665. The molecule has 2 aromatic carbocycles. The van der Waals surface area contributed by atoms with Crippen LogP contribution in [-0.4, -0.2) is 133 Å². The number of H-pyrrole nitrogens is 1. The second kappa shape index (κ2) is 19.5. The van der Waals surface area contributed by atoms with Crippen LogP contribution in [0.1, 0.15) is 61.0 Å². The summed E-state index contributed by atoms with van der Waals surface area (Å²) in [6.07, 6.45) is 7.11. The Kier molecular flexibility index (Phi) is 14.2. The number of aromatic amines is 1. The van der Waals surface area contributed by atoms with Gasteiger partial charge in [-0.25, -0.2) is 23.6 Å². The number of nitrogens with zero attached hydrogens (tertiary/aromatic N) is 7. The average Bonchev–Trinajstić information content (AvgIpc) is 3.72. The number of benzene rings is 2. The molecule has 0 atom stereocenters. The van der Waals surface area contributed by atoms with Gasteiger partial charge in [-0.1, -0.05) is 36.2 Å². The highest BCUT2D eigenvalue weighted by atomic mass is 35.5. The van der Waals surface area contributed by atoms with Crippen molar-refractivity contribution >= 4 is 97.4 Å². The van der Waals surface area contributed by atoms with Gasteiger partial charge in [-0.3, -0.25) is 29.3 Å². The van der Waals surface area contributed by atoms with Gasteiger partial charge in [0.15, 0.2) is 5.82 Å². The average molecular weight is 970 g/mol. The van der Waals surface area contributed by atoms with Crippen LogP contribution in [0.25, 0.3) is 16.6 Å². The van der Waals surface area contributed by atoms with Crippen LogP contribution in [0, 0.1) is 11.6 Å². The third-order valence-electron chi connectivity index (χ3n) is 12.1. The van der Waals surface area contributed by atoms with Crippen LogP contribution in [0.4, 0.5) is 30.6 Å². The van der Waals surface area contributed by atoms with Crippen molar-refractivity contribution < 1.29 is 41.5 Å². The summed E-state index contributed by atoms with van der Waals surface area (Å²) in [4.78, 5) is 69.7. The fraction of sp³-hybridized carbons (Fsp3) is 0.364. The third-order valence-corrected chi connectivity index (χ3v) is 14.3. The van der Waals surface area contributed by atoms with Crippen LogP contribution >= 0.6 is 23.2 Å². The van der Waals surface area contributed by atoms with Crippen molar-refractivity contribution in [2.75, 3.05) is 73.9 Å². The molecule has 350 valence electrons. The van der Waals surface area contributed by atoms with E-state index in [4.69, 9.17) is 23.2 Å². The van der Waals surface area contributed by atoms with Gasteiger partial charge in [-0.2, -0.15) is 12.7 Å². The SMILES string of the molecule is C=N/C(=C\C=C(/C)c1cnc2[nH]cc(C(=O)c3c(F)ccc(NS(=O)(=O)N(C)CC)c3F)c2c1)N1CCN(C(=O)CC2(O)CCN(c3cc(Cl)c(N4CCC(=O)NC4=O)cc3Cl)CC2)CC1. The molecule has 3 fully saturated rings. The molecule has 0 radical (unpaired) electrons. The van der Waals surface area contributed by atoms with E-state index >= 15 is 8.78 Å². The minimum atomic E-state index is -4.17. The number of halogens is 4. The minimum Gasteiger partial charge on any atom is -0.389 e. The molecule has 0 bridgehead atoms. The number of piperidine rings is 1. The van der Waals surface area contributed by atoms with Gasteiger partial charge < -0.3 is 24.8 Å². The number of aromatic nitrogens is 2. The first-order valence-corrected chi connectivity index (χ1v) is 23.2. The second-order valence-corrected chi connectivity index (χ2v) is 18.8. The molecule has 3 aliphatic rings. The molecule has 17 nitrogen and oxygen atoms in total. The van der Waals surface area contributed by atoms with Gasteiger partial charge in [0.2, 0.25) is 17.6 Å². The summed E-state index contributed by atoms with van der Waals surface area (Å²) in [5.41, 5.74) is -0.210. The number of hydrogen-bond acceptors (Lipinski definition) is 11. The van der Waals surface area contributed by atoms with Crippen molar-refractivity contribution in [3.63, 3.8) is 0 Å². The Morgan fingerprint density at radius 3 is 2.35 bits per heavy atom. The summed E-state index contributed by atoms with van der Waals surface area (Å²) in [7, 11) is -2.88. The second-order valence-electron chi connectivity index (χ2n) is 16.3. The molecule has 22 heteroatoms. The van der Waals surface area contributed by atoms with Crippen LogP contribution in [0.15, 0.2) is 65.7 Å². The molecule has 5 heterocycles. The summed E-state index contributed by atoms with van der Waals surface area (Å²) in [5, 5.41) is 14.7. The maximum Gasteiger partial charge on any atom is 0.328 e. The van der Waals surface area contributed by atoms with Crippen LogP contribution < -0.4 is 19.8 Å². The van der Waals surface area contributed by atoms with Crippen molar-refractivity contribution in [2.24, 2.45) is 4.99 Å². The Bertz CT molecular complexity index is 2790. The van der Waals surface area contributed by atoms with Gasteiger partial charge in [0.05, 0.1) is 44.7 Å². The molecule has 4 aromatic rings. The van der Waals surface area contributed by atoms with Crippen molar-refractivity contribution in [1.82, 2.24) is 29.4 Å². The number of allylic oxidation sites excluding steroid dienone is 3. The van der Waals surface area contributed by atoms with Gasteiger partial charge in [-0.15, -0.1) is 0 Å². The predicted octanol–water partition coefficient (Wildman–Crippen LogP) is 5.94. The van der Waals surface area contributed by atoms with E-state index in [0.29, 0.717) is 85.5 Å². The number of amides is 4. The molecule has 4 amide bonds. The van der Waals surface area contributed by atoms with Crippen molar-refractivity contribution in [1.29, 1.82) is 0 Å². The van der Waals surface area contributed by atoms with Crippen molar-refractivity contribution in [2.45, 2.75) is 45.1 Å². The Morgan fingerprint density at radius 1 is 1.02 bits per heavy atom. The lowest BCUT2D eigenvalue weighted by molar-refractivity contribution is -0.138. The predicted molar refractivity (Wildman–Crippen MR) is 249 cm³/mol. The molecule has 0 aliphatic carbocycles. The van der Waals surface area contributed by atoms with Crippen LogP contribution in [0.5, 0.6) is 0 Å². The molecule has 2 aromatic heterocycles. The summed E-state index contributed by atoms with van der Waals surface area (Å²) in [5.74, 6) is -3.53. The number of imide groups is 1. The fourth-order valence-corrected chi connectivity index (χ4v) is 9.48. The van der Waals surface area contributed by atoms with Crippen molar-refractivity contribution in [3.8, 4) is 0 Å². The molecule has 4 N–H and O–H groups in total. The first kappa shape index (κ1) is 48.0. The maximum atomic E-state index is 15.6. The normalized spacial score (nSPS) is 17.4. The summed E-state index contributed by atoms with van der Waals surface area (Å²) >= 11 is 13.2. The van der Waals surface area contributed by atoms with Crippen LogP contribution in [-0.2, 0) is 19.8 Å². The highest BCUT2D eigenvalue weighted by molar-refractivity contribution is 7.90.